The SMILES string of the molecule is CC(Nc1cc(C(=O)NCc2ccccc2)ncn1)c1ccccc1. The molecular formula is C20H20N4O. The van der Waals surface area contributed by atoms with E-state index in [1.165, 1.54) is 6.33 Å². The van der Waals surface area contributed by atoms with Gasteiger partial charge in [-0.15, -0.1) is 0 Å². The molecule has 0 radical (unpaired) electrons. The third-order valence-electron chi connectivity index (χ3n) is 3.86. The number of aromatic nitrogens is 2. The Morgan fingerprint density at radius 1 is 1.00 bits per heavy atom. The smallest absolute Gasteiger partial charge is 0.270 e. The van der Waals surface area contributed by atoms with Crippen molar-refractivity contribution in [2.75, 3.05) is 5.32 Å². The number of nitrogens with one attached hydrogen (secondary N) is 2. The maximum Gasteiger partial charge on any atom is 0.270 e. The molecule has 0 aliphatic heterocycles. The van der Waals surface area contributed by atoms with Crippen LogP contribution < -0.4 is 10.6 Å². The van der Waals surface area contributed by atoms with Crippen molar-refractivity contribution in [2.45, 2.75) is 19.5 Å². The van der Waals surface area contributed by atoms with E-state index < -0.39 is 0 Å². The van der Waals surface area contributed by atoms with Crippen molar-refractivity contribution < 1.29 is 4.79 Å². The fourth-order valence-electron chi connectivity index (χ4n) is 2.48. The van der Waals surface area contributed by atoms with Crippen molar-refractivity contribution in [3.05, 3.63) is 89.9 Å². The second kappa shape index (κ2) is 8.06. The van der Waals surface area contributed by atoms with E-state index in [9.17, 15) is 4.79 Å². The summed E-state index contributed by atoms with van der Waals surface area (Å²) in [6.45, 7) is 2.51. The fraction of sp³-hybridized carbons (Fsp3) is 0.150. The van der Waals surface area contributed by atoms with E-state index >= 15 is 0 Å². The number of carbonyl (C=O) groups is 1. The van der Waals surface area contributed by atoms with Gasteiger partial charge in [0.1, 0.15) is 17.8 Å². The van der Waals surface area contributed by atoms with Crippen molar-refractivity contribution in [3.63, 3.8) is 0 Å². The predicted octanol–water partition coefficient (Wildman–Crippen LogP) is 3.58. The average Bonchev–Trinajstić information content (AvgIpc) is 2.68. The molecule has 3 aromatic rings. The molecule has 25 heavy (non-hydrogen) atoms. The van der Waals surface area contributed by atoms with E-state index in [4.69, 9.17) is 0 Å². The van der Waals surface area contributed by atoms with Crippen LogP contribution in [0.15, 0.2) is 73.1 Å². The van der Waals surface area contributed by atoms with Gasteiger partial charge in [0, 0.05) is 18.7 Å². The Morgan fingerprint density at radius 2 is 1.68 bits per heavy atom. The molecule has 3 rings (SSSR count). The first-order valence-corrected chi connectivity index (χ1v) is 8.18. The van der Waals surface area contributed by atoms with Crippen LogP contribution in [-0.2, 0) is 6.54 Å². The van der Waals surface area contributed by atoms with Crippen molar-refractivity contribution in [3.8, 4) is 0 Å². The third-order valence-corrected chi connectivity index (χ3v) is 3.86. The van der Waals surface area contributed by atoms with Gasteiger partial charge in [-0.2, -0.15) is 0 Å². The maximum absolute atomic E-state index is 12.3. The van der Waals surface area contributed by atoms with E-state index in [-0.39, 0.29) is 11.9 Å². The van der Waals surface area contributed by atoms with Crippen LogP contribution >= 0.6 is 0 Å². The number of rotatable bonds is 6. The lowest BCUT2D eigenvalue weighted by Gasteiger charge is -2.15. The zero-order valence-corrected chi connectivity index (χ0v) is 14.0. The predicted molar refractivity (Wildman–Crippen MR) is 98.1 cm³/mol. The Labute approximate surface area is 147 Å². The van der Waals surface area contributed by atoms with Gasteiger partial charge >= 0.3 is 0 Å². The molecule has 0 saturated carbocycles. The number of nitrogens with zero attached hydrogens (tertiary/aromatic N) is 2. The number of amides is 1. The molecule has 0 aliphatic rings. The molecule has 0 aliphatic carbocycles. The van der Waals surface area contributed by atoms with Crippen LogP contribution in [0, 0.1) is 0 Å². The van der Waals surface area contributed by atoms with Gasteiger partial charge in [0.2, 0.25) is 0 Å². The van der Waals surface area contributed by atoms with Gasteiger partial charge in [-0.3, -0.25) is 4.79 Å². The van der Waals surface area contributed by atoms with E-state index in [0.717, 1.165) is 11.1 Å². The summed E-state index contributed by atoms with van der Waals surface area (Å²) in [7, 11) is 0. The molecule has 5 heteroatoms. The molecule has 126 valence electrons. The summed E-state index contributed by atoms with van der Waals surface area (Å²) in [6, 6.07) is 21.6. The molecule has 0 bridgehead atoms. The van der Waals surface area contributed by atoms with Crippen molar-refractivity contribution in [1.82, 2.24) is 15.3 Å². The quantitative estimate of drug-likeness (QED) is 0.724. The minimum absolute atomic E-state index is 0.0799. The number of benzene rings is 2. The molecule has 2 aromatic carbocycles. The lowest BCUT2D eigenvalue weighted by atomic mass is 10.1. The van der Waals surface area contributed by atoms with Crippen molar-refractivity contribution in [1.29, 1.82) is 0 Å². The van der Waals surface area contributed by atoms with E-state index in [1.54, 1.807) is 6.07 Å². The summed E-state index contributed by atoms with van der Waals surface area (Å²) in [4.78, 5) is 20.6. The number of anilines is 1. The standard InChI is InChI=1S/C20H20N4O/c1-15(17-10-6-3-7-11-17)24-19-12-18(22-14-23-19)20(25)21-13-16-8-4-2-5-9-16/h2-12,14-15H,13H2,1H3,(H,21,25)(H,22,23,24). The van der Waals surface area contributed by atoms with Crippen LogP contribution in [-0.4, -0.2) is 15.9 Å². The molecule has 5 nitrogen and oxygen atoms in total. The summed E-state index contributed by atoms with van der Waals surface area (Å²) in [5, 5.41) is 6.17. The molecule has 1 unspecified atom stereocenters. The van der Waals surface area contributed by atoms with Gasteiger partial charge in [-0.05, 0) is 18.1 Å². The summed E-state index contributed by atoms with van der Waals surface area (Å²) in [5.41, 5.74) is 2.53. The van der Waals surface area contributed by atoms with Crippen LogP contribution in [0.3, 0.4) is 0 Å². The van der Waals surface area contributed by atoms with Gasteiger partial charge in [0.05, 0.1) is 0 Å². The molecular weight excluding hydrogens is 312 g/mol. The van der Waals surface area contributed by atoms with Crippen molar-refractivity contribution in [2.24, 2.45) is 0 Å². The van der Waals surface area contributed by atoms with Crippen LogP contribution in [0.5, 0.6) is 0 Å². The average molecular weight is 332 g/mol. The van der Waals surface area contributed by atoms with Crippen LogP contribution in [0.1, 0.15) is 34.6 Å². The summed E-state index contributed by atoms with van der Waals surface area (Å²) in [5.74, 6) is 0.401. The Hall–Kier alpha value is -3.21. The number of hydrogen-bond acceptors (Lipinski definition) is 4. The van der Waals surface area contributed by atoms with Gasteiger partial charge in [0.25, 0.3) is 5.91 Å². The summed E-state index contributed by atoms with van der Waals surface area (Å²) in [6.07, 6.45) is 1.40. The summed E-state index contributed by atoms with van der Waals surface area (Å²) < 4.78 is 0. The molecule has 2 N–H and O–H groups in total. The number of carbonyl (C=O) groups excluding carboxylic acids is 1. The normalized spacial score (nSPS) is 11.6. The maximum atomic E-state index is 12.3. The first-order chi connectivity index (χ1) is 12.2. The van der Waals surface area contributed by atoms with Crippen LogP contribution in [0.2, 0.25) is 0 Å². The molecule has 1 aromatic heterocycles. The van der Waals surface area contributed by atoms with E-state index in [1.807, 2.05) is 67.6 Å². The number of hydrogen-bond donors (Lipinski definition) is 2. The molecule has 1 amide bonds. The van der Waals surface area contributed by atoms with E-state index in [0.29, 0.717) is 18.1 Å². The highest BCUT2D eigenvalue weighted by Crippen LogP contribution is 2.17. The lowest BCUT2D eigenvalue weighted by molar-refractivity contribution is 0.0946. The highest BCUT2D eigenvalue weighted by molar-refractivity contribution is 5.92. The Balaban J connectivity index is 1.63. The van der Waals surface area contributed by atoms with Crippen LogP contribution in [0.25, 0.3) is 0 Å². The molecule has 0 fully saturated rings. The van der Waals surface area contributed by atoms with Gasteiger partial charge < -0.3 is 10.6 Å². The van der Waals surface area contributed by atoms with Crippen LogP contribution in [0.4, 0.5) is 5.82 Å². The highest BCUT2D eigenvalue weighted by atomic mass is 16.1. The lowest BCUT2D eigenvalue weighted by Crippen LogP contribution is -2.24. The second-order valence-corrected chi connectivity index (χ2v) is 5.73. The largest absolute Gasteiger partial charge is 0.363 e. The Morgan fingerprint density at radius 3 is 2.40 bits per heavy atom. The second-order valence-electron chi connectivity index (χ2n) is 5.73. The Bertz CT molecular complexity index is 821. The minimum Gasteiger partial charge on any atom is -0.363 e. The van der Waals surface area contributed by atoms with Crippen molar-refractivity contribution >= 4 is 11.7 Å². The topological polar surface area (TPSA) is 66.9 Å². The Kier molecular flexibility index (Phi) is 5.36. The van der Waals surface area contributed by atoms with E-state index in [2.05, 4.69) is 20.6 Å². The fourth-order valence-corrected chi connectivity index (χ4v) is 2.48. The zero-order valence-electron chi connectivity index (χ0n) is 14.0. The molecule has 0 saturated heterocycles. The summed E-state index contributed by atoms with van der Waals surface area (Å²) >= 11 is 0. The minimum atomic E-state index is -0.221. The molecule has 1 atom stereocenters. The monoisotopic (exact) mass is 332 g/mol. The highest BCUT2D eigenvalue weighted by Gasteiger charge is 2.10. The van der Waals surface area contributed by atoms with Gasteiger partial charge in [-0.25, -0.2) is 9.97 Å². The van der Waals surface area contributed by atoms with Gasteiger partial charge in [-0.1, -0.05) is 60.7 Å². The van der Waals surface area contributed by atoms with Gasteiger partial charge in [0.15, 0.2) is 0 Å². The molecule has 0 spiro atoms. The molecule has 1 heterocycles. The zero-order chi connectivity index (χ0) is 17.5. The third kappa shape index (κ3) is 4.64. The first kappa shape index (κ1) is 16.6. The first-order valence-electron chi connectivity index (χ1n) is 8.18.